The van der Waals surface area contributed by atoms with Gasteiger partial charge in [0, 0.05) is 23.9 Å². The maximum Gasteiger partial charge on any atom is 0.288 e. The highest BCUT2D eigenvalue weighted by molar-refractivity contribution is 6.35. The normalized spacial score (nSPS) is 10.3. The van der Waals surface area contributed by atoms with Gasteiger partial charge in [0.25, 0.3) is 17.3 Å². The lowest BCUT2D eigenvalue weighted by Gasteiger charge is -2.10. The first-order valence-corrected chi connectivity index (χ1v) is 7.16. The minimum atomic E-state index is -0.697. The Kier molecular flexibility index (Phi) is 5.01. The minimum absolute atomic E-state index is 0.0313. The lowest BCUT2D eigenvalue weighted by Crippen LogP contribution is -2.14. The number of aryl methyl sites for hydroxylation is 1. The van der Waals surface area contributed by atoms with E-state index < -0.39 is 15.8 Å². The fourth-order valence-corrected chi connectivity index (χ4v) is 2.37. The van der Waals surface area contributed by atoms with Crippen molar-refractivity contribution in [1.82, 2.24) is 0 Å². The minimum Gasteiger partial charge on any atom is -0.322 e. The van der Waals surface area contributed by atoms with Crippen molar-refractivity contribution in [2.75, 3.05) is 5.32 Å². The van der Waals surface area contributed by atoms with E-state index in [9.17, 15) is 25.0 Å². The molecule has 0 heterocycles. The molecule has 0 saturated carbocycles. The number of carbonyl (C=O) groups excluding carboxylic acids is 1. The second-order valence-electron chi connectivity index (χ2n) is 4.75. The molecule has 1 N–H and O–H groups in total. The monoisotopic (exact) mass is 369 g/mol. The van der Waals surface area contributed by atoms with E-state index in [1.807, 2.05) is 0 Å². The molecule has 0 fully saturated rings. The van der Waals surface area contributed by atoms with Crippen molar-refractivity contribution < 1.29 is 14.6 Å². The summed E-state index contributed by atoms with van der Waals surface area (Å²) in [5, 5.41) is 24.0. The van der Waals surface area contributed by atoms with Crippen LogP contribution in [0, 0.1) is 27.2 Å². The van der Waals surface area contributed by atoms with Gasteiger partial charge in [0.05, 0.1) is 20.4 Å². The summed E-state index contributed by atoms with van der Waals surface area (Å²) in [4.78, 5) is 32.6. The molecule has 0 aromatic heterocycles. The molecule has 0 atom stereocenters. The zero-order valence-electron chi connectivity index (χ0n) is 12.1. The van der Waals surface area contributed by atoms with Gasteiger partial charge in [0.2, 0.25) is 0 Å². The smallest absolute Gasteiger partial charge is 0.288 e. The fraction of sp³-hybridized carbons (Fsp3) is 0.0714. The molecule has 1 amide bonds. The van der Waals surface area contributed by atoms with Crippen LogP contribution in [0.1, 0.15) is 15.9 Å². The first-order chi connectivity index (χ1) is 11.2. The summed E-state index contributed by atoms with van der Waals surface area (Å²) >= 11 is 11.7. The highest BCUT2D eigenvalue weighted by Crippen LogP contribution is 2.31. The van der Waals surface area contributed by atoms with E-state index in [2.05, 4.69) is 5.32 Å². The molecule has 0 aliphatic heterocycles. The number of nitrogens with one attached hydrogen (secondary N) is 1. The summed E-state index contributed by atoms with van der Waals surface area (Å²) in [7, 11) is 0. The highest BCUT2D eigenvalue weighted by Gasteiger charge is 2.19. The number of rotatable bonds is 4. The maximum atomic E-state index is 12.3. The zero-order valence-corrected chi connectivity index (χ0v) is 13.6. The molecule has 0 aliphatic carbocycles. The third-order valence-corrected chi connectivity index (χ3v) is 3.78. The van der Waals surface area contributed by atoms with Crippen molar-refractivity contribution in [2.24, 2.45) is 0 Å². The third kappa shape index (κ3) is 3.61. The van der Waals surface area contributed by atoms with Gasteiger partial charge in [-0.25, -0.2) is 0 Å². The summed E-state index contributed by atoms with van der Waals surface area (Å²) in [6.45, 7) is 1.55. The summed E-state index contributed by atoms with van der Waals surface area (Å²) < 4.78 is 0. The molecule has 0 aliphatic rings. The lowest BCUT2D eigenvalue weighted by atomic mass is 10.1. The maximum absolute atomic E-state index is 12.3. The lowest BCUT2D eigenvalue weighted by molar-refractivity contribution is -0.385. The van der Waals surface area contributed by atoms with Crippen molar-refractivity contribution in [1.29, 1.82) is 0 Å². The Bertz CT molecular complexity index is 870. The van der Waals surface area contributed by atoms with Gasteiger partial charge in [-0.05, 0) is 24.6 Å². The standard InChI is InChI=1S/C14H9Cl2N3O5/c1-7-4-13(19(23)24)11(16)6-12(7)17-14(20)9-5-8(18(21)22)2-3-10(9)15/h2-6H,1H3,(H,17,20). The highest BCUT2D eigenvalue weighted by atomic mass is 35.5. The summed E-state index contributed by atoms with van der Waals surface area (Å²) in [6, 6.07) is 5.91. The molecular formula is C14H9Cl2N3O5. The van der Waals surface area contributed by atoms with Crippen LogP contribution in [0.15, 0.2) is 30.3 Å². The molecule has 0 spiro atoms. The van der Waals surface area contributed by atoms with Gasteiger partial charge in [-0.15, -0.1) is 0 Å². The van der Waals surface area contributed by atoms with E-state index in [-0.39, 0.29) is 32.7 Å². The third-order valence-electron chi connectivity index (χ3n) is 3.14. The number of benzene rings is 2. The van der Waals surface area contributed by atoms with Gasteiger partial charge < -0.3 is 5.32 Å². The number of hydrogen-bond acceptors (Lipinski definition) is 5. The van der Waals surface area contributed by atoms with Crippen LogP contribution in [0.3, 0.4) is 0 Å². The second-order valence-corrected chi connectivity index (χ2v) is 5.57. The number of non-ortho nitro benzene ring substituents is 1. The van der Waals surface area contributed by atoms with E-state index in [4.69, 9.17) is 23.2 Å². The van der Waals surface area contributed by atoms with Crippen molar-refractivity contribution in [2.45, 2.75) is 6.92 Å². The van der Waals surface area contributed by atoms with Crippen LogP contribution in [0.5, 0.6) is 0 Å². The van der Waals surface area contributed by atoms with Crippen LogP contribution in [-0.4, -0.2) is 15.8 Å². The Morgan fingerprint density at radius 3 is 2.29 bits per heavy atom. The molecule has 0 unspecified atom stereocenters. The number of anilines is 1. The molecule has 8 nitrogen and oxygen atoms in total. The van der Waals surface area contributed by atoms with Gasteiger partial charge in [-0.1, -0.05) is 23.2 Å². The van der Waals surface area contributed by atoms with Gasteiger partial charge in [0.15, 0.2) is 0 Å². The van der Waals surface area contributed by atoms with Crippen LogP contribution in [0.25, 0.3) is 0 Å². The SMILES string of the molecule is Cc1cc([N+](=O)[O-])c(Cl)cc1NC(=O)c1cc([N+](=O)[O-])ccc1Cl. The summed E-state index contributed by atoms with van der Waals surface area (Å²) in [5.41, 5.74) is -0.0394. The van der Waals surface area contributed by atoms with Crippen LogP contribution in [0.4, 0.5) is 17.1 Å². The number of nitrogens with zero attached hydrogens (tertiary/aromatic N) is 2. The molecule has 0 bridgehead atoms. The zero-order chi connectivity index (χ0) is 18.0. The molecule has 2 rings (SSSR count). The van der Waals surface area contributed by atoms with Gasteiger partial charge >= 0.3 is 0 Å². The van der Waals surface area contributed by atoms with Crippen molar-refractivity contribution in [3.05, 3.63) is 71.7 Å². The molecule has 10 heteroatoms. The van der Waals surface area contributed by atoms with E-state index in [1.165, 1.54) is 24.3 Å². The Morgan fingerprint density at radius 2 is 1.71 bits per heavy atom. The molecule has 2 aromatic carbocycles. The average molecular weight is 370 g/mol. The Hall–Kier alpha value is -2.71. The van der Waals surface area contributed by atoms with Crippen LogP contribution < -0.4 is 5.32 Å². The predicted molar refractivity (Wildman–Crippen MR) is 88.9 cm³/mol. The predicted octanol–water partition coefficient (Wildman–Crippen LogP) is 4.37. The first kappa shape index (κ1) is 17.6. The largest absolute Gasteiger partial charge is 0.322 e. The Labute approximate surface area is 145 Å². The number of hydrogen-bond donors (Lipinski definition) is 1. The summed E-state index contributed by atoms with van der Waals surface area (Å²) in [5.74, 6) is -0.697. The van der Waals surface area contributed by atoms with E-state index >= 15 is 0 Å². The average Bonchev–Trinajstić information content (AvgIpc) is 2.50. The van der Waals surface area contributed by atoms with Gasteiger partial charge in [-0.3, -0.25) is 25.0 Å². The van der Waals surface area contributed by atoms with E-state index in [1.54, 1.807) is 6.92 Å². The van der Waals surface area contributed by atoms with Crippen LogP contribution in [0.2, 0.25) is 10.0 Å². The van der Waals surface area contributed by atoms with Crippen molar-refractivity contribution in [3.8, 4) is 0 Å². The van der Waals surface area contributed by atoms with Crippen LogP contribution in [-0.2, 0) is 0 Å². The molecule has 2 aromatic rings. The topological polar surface area (TPSA) is 115 Å². The molecular weight excluding hydrogens is 361 g/mol. The van der Waals surface area contributed by atoms with Gasteiger partial charge in [-0.2, -0.15) is 0 Å². The number of carbonyl (C=O) groups is 1. The second kappa shape index (κ2) is 6.81. The van der Waals surface area contributed by atoms with Crippen molar-refractivity contribution in [3.63, 3.8) is 0 Å². The van der Waals surface area contributed by atoms with E-state index in [0.717, 1.165) is 6.07 Å². The van der Waals surface area contributed by atoms with Gasteiger partial charge in [0.1, 0.15) is 5.02 Å². The Balaban J connectivity index is 2.37. The quantitative estimate of drug-likeness (QED) is 0.634. The number of nitro groups is 2. The Morgan fingerprint density at radius 1 is 1.04 bits per heavy atom. The molecule has 0 radical (unpaired) electrons. The van der Waals surface area contributed by atoms with E-state index in [0.29, 0.717) is 5.56 Å². The number of nitro benzene ring substituents is 2. The molecule has 0 saturated heterocycles. The summed E-state index contributed by atoms with van der Waals surface area (Å²) in [6.07, 6.45) is 0. The van der Waals surface area contributed by atoms with Crippen molar-refractivity contribution >= 4 is 46.2 Å². The fourth-order valence-electron chi connectivity index (χ4n) is 1.93. The number of amides is 1. The molecule has 124 valence electrons. The first-order valence-electron chi connectivity index (χ1n) is 6.40. The molecule has 24 heavy (non-hydrogen) atoms. The number of halogens is 2. The van der Waals surface area contributed by atoms with Crippen LogP contribution >= 0.6 is 23.2 Å².